The van der Waals surface area contributed by atoms with E-state index >= 15 is 0 Å². The van der Waals surface area contributed by atoms with Crippen molar-refractivity contribution in [2.45, 2.75) is 45.6 Å². The van der Waals surface area contributed by atoms with Gasteiger partial charge in [-0.2, -0.15) is 10.1 Å². The van der Waals surface area contributed by atoms with E-state index in [9.17, 15) is 4.79 Å². The molecule has 0 aliphatic carbocycles. The number of anilines is 1. The lowest BCUT2D eigenvalue weighted by Crippen LogP contribution is -2.29. The first-order chi connectivity index (χ1) is 14.6. The van der Waals surface area contributed by atoms with Crippen LogP contribution in [-0.2, 0) is 29.5 Å². The summed E-state index contributed by atoms with van der Waals surface area (Å²) < 4.78 is 12.5. The summed E-state index contributed by atoms with van der Waals surface area (Å²) in [5.41, 5.74) is 1.31. The van der Waals surface area contributed by atoms with Gasteiger partial charge in [-0.3, -0.25) is 9.69 Å². The van der Waals surface area contributed by atoms with Crippen molar-refractivity contribution in [3.63, 3.8) is 0 Å². The zero-order chi connectivity index (χ0) is 21.2. The summed E-state index contributed by atoms with van der Waals surface area (Å²) in [7, 11) is 1.80. The first-order valence-corrected chi connectivity index (χ1v) is 10.9. The molecule has 1 fully saturated rings. The van der Waals surface area contributed by atoms with Gasteiger partial charge in [0.25, 0.3) is 0 Å². The van der Waals surface area contributed by atoms with Crippen molar-refractivity contribution in [3.05, 3.63) is 35.7 Å². The molecular formula is C22H33N5O3. The summed E-state index contributed by atoms with van der Waals surface area (Å²) in [5.74, 6) is 1.70. The van der Waals surface area contributed by atoms with E-state index in [0.717, 1.165) is 18.7 Å². The predicted octanol–water partition coefficient (Wildman–Crippen LogP) is 2.79. The topological polar surface area (TPSA) is 81.5 Å². The van der Waals surface area contributed by atoms with Crippen molar-refractivity contribution in [2.24, 2.45) is 7.05 Å². The molecule has 30 heavy (non-hydrogen) atoms. The van der Waals surface area contributed by atoms with Crippen LogP contribution < -0.4 is 10.1 Å². The summed E-state index contributed by atoms with van der Waals surface area (Å²) in [5, 5.41) is 7.48. The quantitative estimate of drug-likeness (QED) is 0.446. The standard InChI is InChI=1S/C22H33N5O3/c1-3-29-21(28)16-20-24-22(26(2)25-20)23-11-8-14-30-19-10-7-9-18(15-19)17-27-12-5-4-6-13-27/h7,9-10,15H,3-6,8,11-14,16-17H2,1-2H3,(H,23,24,25). The molecule has 0 amide bonds. The highest BCUT2D eigenvalue weighted by atomic mass is 16.5. The number of carbonyl (C=O) groups is 1. The Labute approximate surface area is 178 Å². The van der Waals surface area contributed by atoms with Crippen LogP contribution in [-0.4, -0.2) is 58.5 Å². The average Bonchev–Trinajstić information content (AvgIpc) is 3.08. The molecule has 0 atom stereocenters. The Morgan fingerprint density at radius 3 is 2.87 bits per heavy atom. The average molecular weight is 416 g/mol. The largest absolute Gasteiger partial charge is 0.494 e. The Kier molecular flexibility index (Phi) is 8.50. The van der Waals surface area contributed by atoms with Crippen molar-refractivity contribution < 1.29 is 14.3 Å². The molecule has 8 heteroatoms. The zero-order valence-electron chi connectivity index (χ0n) is 18.1. The van der Waals surface area contributed by atoms with E-state index in [0.29, 0.717) is 31.5 Å². The van der Waals surface area contributed by atoms with Crippen LogP contribution in [0.5, 0.6) is 5.75 Å². The molecule has 3 rings (SSSR count). The van der Waals surface area contributed by atoms with Crippen LogP contribution in [0.1, 0.15) is 44.0 Å². The Bertz CT molecular complexity index is 802. The monoisotopic (exact) mass is 415 g/mol. The number of rotatable bonds is 11. The summed E-state index contributed by atoms with van der Waals surface area (Å²) >= 11 is 0. The Morgan fingerprint density at radius 1 is 1.23 bits per heavy atom. The number of hydrogen-bond acceptors (Lipinski definition) is 7. The highest BCUT2D eigenvalue weighted by molar-refractivity contribution is 5.71. The molecular weight excluding hydrogens is 382 g/mol. The molecule has 1 aliphatic heterocycles. The maximum atomic E-state index is 11.6. The highest BCUT2D eigenvalue weighted by Gasteiger charge is 2.12. The van der Waals surface area contributed by atoms with E-state index in [2.05, 4.69) is 38.5 Å². The van der Waals surface area contributed by atoms with Gasteiger partial charge in [-0.1, -0.05) is 18.6 Å². The lowest BCUT2D eigenvalue weighted by molar-refractivity contribution is -0.142. The molecule has 2 aromatic rings. The Hall–Kier alpha value is -2.61. The fourth-order valence-electron chi connectivity index (χ4n) is 3.58. The number of aromatic nitrogens is 3. The van der Waals surface area contributed by atoms with Gasteiger partial charge in [-0.05, 0) is 57.0 Å². The fourth-order valence-corrected chi connectivity index (χ4v) is 3.58. The van der Waals surface area contributed by atoms with Crippen molar-refractivity contribution in [2.75, 3.05) is 38.2 Å². The van der Waals surface area contributed by atoms with E-state index in [1.54, 1.807) is 18.7 Å². The van der Waals surface area contributed by atoms with Gasteiger partial charge < -0.3 is 14.8 Å². The normalized spacial score (nSPS) is 14.5. The minimum absolute atomic E-state index is 0.0836. The number of likely N-dealkylation sites (tertiary alicyclic amines) is 1. The Morgan fingerprint density at radius 2 is 2.07 bits per heavy atom. The fraction of sp³-hybridized carbons (Fsp3) is 0.591. The van der Waals surface area contributed by atoms with Crippen molar-refractivity contribution in [3.8, 4) is 5.75 Å². The molecule has 0 saturated carbocycles. The molecule has 1 N–H and O–H groups in total. The SMILES string of the molecule is CCOC(=O)Cc1nc(NCCCOc2cccc(CN3CCCCC3)c2)n(C)n1. The van der Waals surface area contributed by atoms with Gasteiger partial charge in [0, 0.05) is 20.1 Å². The van der Waals surface area contributed by atoms with Gasteiger partial charge >= 0.3 is 5.97 Å². The lowest BCUT2D eigenvalue weighted by atomic mass is 10.1. The maximum absolute atomic E-state index is 11.6. The molecule has 1 aromatic heterocycles. The number of esters is 1. The number of hydrogen-bond donors (Lipinski definition) is 1. The first-order valence-electron chi connectivity index (χ1n) is 10.9. The van der Waals surface area contributed by atoms with Crippen LogP contribution >= 0.6 is 0 Å². The van der Waals surface area contributed by atoms with Gasteiger partial charge in [-0.25, -0.2) is 4.68 Å². The van der Waals surface area contributed by atoms with E-state index in [1.807, 2.05) is 6.07 Å². The van der Waals surface area contributed by atoms with Gasteiger partial charge in [0.05, 0.1) is 13.2 Å². The molecule has 0 unspecified atom stereocenters. The summed E-state index contributed by atoms with van der Waals surface area (Å²) in [4.78, 5) is 18.4. The van der Waals surface area contributed by atoms with Gasteiger partial charge in [0.2, 0.25) is 5.95 Å². The van der Waals surface area contributed by atoms with Crippen LogP contribution in [0.2, 0.25) is 0 Å². The molecule has 8 nitrogen and oxygen atoms in total. The molecule has 0 bridgehead atoms. The summed E-state index contributed by atoms with van der Waals surface area (Å²) in [6.45, 7) is 6.86. The minimum atomic E-state index is -0.314. The predicted molar refractivity (Wildman–Crippen MR) is 116 cm³/mol. The third kappa shape index (κ3) is 7.02. The van der Waals surface area contributed by atoms with Gasteiger partial charge in [0.1, 0.15) is 12.2 Å². The van der Waals surface area contributed by atoms with Crippen LogP contribution in [0.25, 0.3) is 0 Å². The number of nitrogens with one attached hydrogen (secondary N) is 1. The molecule has 1 aliphatic rings. The number of carbonyl (C=O) groups excluding carboxylic acids is 1. The number of ether oxygens (including phenoxy) is 2. The molecule has 1 aromatic carbocycles. The molecule has 164 valence electrons. The summed E-state index contributed by atoms with van der Waals surface area (Å²) in [6.07, 6.45) is 4.88. The first kappa shape index (κ1) is 22.1. The van der Waals surface area contributed by atoms with Crippen molar-refractivity contribution >= 4 is 11.9 Å². The van der Waals surface area contributed by atoms with Crippen LogP contribution in [0.4, 0.5) is 5.95 Å². The molecule has 2 heterocycles. The number of piperidine rings is 1. The Balaban J connectivity index is 1.37. The van der Waals surface area contributed by atoms with Gasteiger partial charge in [-0.15, -0.1) is 0 Å². The molecule has 0 radical (unpaired) electrons. The van der Waals surface area contributed by atoms with E-state index < -0.39 is 0 Å². The van der Waals surface area contributed by atoms with Crippen LogP contribution in [0, 0.1) is 0 Å². The highest BCUT2D eigenvalue weighted by Crippen LogP contribution is 2.17. The molecule has 0 spiro atoms. The number of benzene rings is 1. The second-order valence-electron chi connectivity index (χ2n) is 7.57. The van der Waals surface area contributed by atoms with E-state index in [4.69, 9.17) is 9.47 Å². The second kappa shape index (κ2) is 11.5. The number of aryl methyl sites for hydroxylation is 1. The third-order valence-electron chi connectivity index (χ3n) is 5.04. The smallest absolute Gasteiger partial charge is 0.313 e. The van der Waals surface area contributed by atoms with E-state index in [-0.39, 0.29) is 12.4 Å². The second-order valence-corrected chi connectivity index (χ2v) is 7.57. The van der Waals surface area contributed by atoms with Gasteiger partial charge in [0.15, 0.2) is 5.82 Å². The van der Waals surface area contributed by atoms with Crippen LogP contribution in [0.15, 0.2) is 24.3 Å². The summed E-state index contributed by atoms with van der Waals surface area (Å²) in [6, 6.07) is 8.40. The van der Waals surface area contributed by atoms with Crippen molar-refractivity contribution in [1.29, 1.82) is 0 Å². The maximum Gasteiger partial charge on any atom is 0.313 e. The lowest BCUT2D eigenvalue weighted by Gasteiger charge is -2.26. The van der Waals surface area contributed by atoms with Crippen molar-refractivity contribution in [1.82, 2.24) is 19.7 Å². The van der Waals surface area contributed by atoms with E-state index in [1.165, 1.54) is 37.9 Å². The molecule has 1 saturated heterocycles. The van der Waals surface area contributed by atoms with Crippen LogP contribution in [0.3, 0.4) is 0 Å². The number of nitrogens with zero attached hydrogens (tertiary/aromatic N) is 4. The zero-order valence-corrected chi connectivity index (χ0v) is 18.1. The third-order valence-corrected chi connectivity index (χ3v) is 5.04. The minimum Gasteiger partial charge on any atom is -0.494 e.